The zero-order valence-corrected chi connectivity index (χ0v) is 18.1. The number of carbonyl (C=O) groups is 1. The lowest BCUT2D eigenvalue weighted by Gasteiger charge is -2.27. The van der Waals surface area contributed by atoms with Crippen LogP contribution in [0.1, 0.15) is 31.5 Å². The van der Waals surface area contributed by atoms with Crippen LogP contribution in [0.3, 0.4) is 0 Å². The van der Waals surface area contributed by atoms with E-state index in [9.17, 15) is 4.79 Å². The second-order valence-corrected chi connectivity index (χ2v) is 7.92. The molecule has 4 nitrogen and oxygen atoms in total. The zero-order chi connectivity index (χ0) is 21.1. The van der Waals surface area contributed by atoms with Gasteiger partial charge in [-0.3, -0.25) is 4.79 Å². The van der Waals surface area contributed by atoms with E-state index in [1.807, 2.05) is 42.2 Å². The van der Waals surface area contributed by atoms with Gasteiger partial charge in [0.2, 0.25) is 5.91 Å². The van der Waals surface area contributed by atoms with E-state index in [4.69, 9.17) is 16.3 Å². The molecule has 2 aromatic carbocycles. The van der Waals surface area contributed by atoms with Crippen LogP contribution < -0.4 is 0 Å². The predicted molar refractivity (Wildman–Crippen MR) is 121 cm³/mol. The maximum absolute atomic E-state index is 12.8. The molecule has 0 aliphatic carbocycles. The molecule has 3 aromatic rings. The Morgan fingerprint density at radius 3 is 2.77 bits per heavy atom. The smallest absolute Gasteiger partial charge is 0.249 e. The number of fused-ring (bicyclic) bond motifs is 1. The third-order valence-electron chi connectivity index (χ3n) is 5.70. The van der Waals surface area contributed by atoms with Gasteiger partial charge in [-0.05, 0) is 43.5 Å². The van der Waals surface area contributed by atoms with Crippen molar-refractivity contribution >= 4 is 28.4 Å². The molecule has 5 heteroatoms. The van der Waals surface area contributed by atoms with Gasteiger partial charge in [-0.2, -0.15) is 0 Å². The topological polar surface area (TPSA) is 34.5 Å². The van der Waals surface area contributed by atoms with E-state index in [1.54, 1.807) is 7.11 Å². The van der Waals surface area contributed by atoms with Gasteiger partial charge in [0.15, 0.2) is 0 Å². The third kappa shape index (κ3) is 3.71. The number of hydrogen-bond acceptors (Lipinski definition) is 2. The largest absolute Gasteiger partial charge is 0.375 e. The number of ether oxygens (including phenoxy) is 1. The number of methoxy groups -OCH3 is 1. The van der Waals surface area contributed by atoms with Crippen LogP contribution in [0, 0.1) is 11.8 Å². The summed E-state index contributed by atoms with van der Waals surface area (Å²) in [5.74, 6) is 6.26. The fourth-order valence-electron chi connectivity index (χ4n) is 4.49. The Morgan fingerprint density at radius 2 is 2.03 bits per heavy atom. The lowest BCUT2D eigenvalue weighted by atomic mass is 9.97. The molecule has 1 saturated heterocycles. The molecule has 1 aromatic heterocycles. The van der Waals surface area contributed by atoms with Gasteiger partial charge in [0, 0.05) is 35.1 Å². The van der Waals surface area contributed by atoms with Gasteiger partial charge in [-0.15, -0.1) is 5.92 Å². The third-order valence-corrected chi connectivity index (χ3v) is 5.93. The first-order valence-corrected chi connectivity index (χ1v) is 10.6. The number of nitrogens with zero attached hydrogens (tertiary/aromatic N) is 2. The summed E-state index contributed by atoms with van der Waals surface area (Å²) in [6.07, 6.45) is 1.88. The fourth-order valence-corrected chi connectivity index (χ4v) is 4.66. The molecule has 2 heterocycles. The summed E-state index contributed by atoms with van der Waals surface area (Å²) in [5.41, 5.74) is 4.47. The van der Waals surface area contributed by atoms with Crippen molar-refractivity contribution in [3.05, 3.63) is 59.2 Å². The number of aromatic nitrogens is 1. The molecule has 1 atom stereocenters. The van der Waals surface area contributed by atoms with Crippen LogP contribution in [-0.2, 0) is 16.1 Å². The van der Waals surface area contributed by atoms with E-state index < -0.39 is 0 Å². The van der Waals surface area contributed by atoms with E-state index in [-0.39, 0.29) is 18.6 Å². The molecule has 30 heavy (non-hydrogen) atoms. The quantitative estimate of drug-likeness (QED) is 0.525. The fraction of sp³-hybridized carbons (Fsp3) is 0.320. The highest BCUT2D eigenvalue weighted by atomic mass is 35.5. The van der Waals surface area contributed by atoms with Gasteiger partial charge in [-0.25, -0.2) is 0 Å². The Labute approximate surface area is 182 Å². The molecule has 1 aliphatic heterocycles. The Morgan fingerprint density at radius 1 is 1.23 bits per heavy atom. The van der Waals surface area contributed by atoms with E-state index in [0.717, 1.165) is 47.1 Å². The van der Waals surface area contributed by atoms with Gasteiger partial charge in [0.05, 0.1) is 18.3 Å². The second-order valence-electron chi connectivity index (χ2n) is 7.48. The zero-order valence-electron chi connectivity index (χ0n) is 17.3. The SMILES string of the molecule is CC#CCn1c(C2CCCN2C(=O)COC)c(-c2ccccc2)c2cc(Cl)ccc21. The Bertz CT molecular complexity index is 1120. The van der Waals surface area contributed by atoms with Crippen molar-refractivity contribution in [1.29, 1.82) is 0 Å². The molecule has 154 valence electrons. The van der Waals surface area contributed by atoms with Crippen LogP contribution in [0.5, 0.6) is 0 Å². The summed E-state index contributed by atoms with van der Waals surface area (Å²) >= 11 is 6.41. The van der Waals surface area contributed by atoms with Gasteiger partial charge in [0.1, 0.15) is 6.61 Å². The van der Waals surface area contributed by atoms with Gasteiger partial charge >= 0.3 is 0 Å². The first kappa shape index (κ1) is 20.5. The highest BCUT2D eigenvalue weighted by molar-refractivity contribution is 6.31. The lowest BCUT2D eigenvalue weighted by Crippen LogP contribution is -2.34. The number of hydrogen-bond donors (Lipinski definition) is 0. The average molecular weight is 421 g/mol. The van der Waals surface area contributed by atoms with E-state index >= 15 is 0 Å². The van der Waals surface area contributed by atoms with E-state index in [1.165, 1.54) is 0 Å². The minimum absolute atomic E-state index is 0.0207. The number of halogens is 1. The van der Waals surface area contributed by atoms with Crippen molar-refractivity contribution in [2.75, 3.05) is 20.3 Å². The Hall–Kier alpha value is -2.74. The van der Waals surface area contributed by atoms with Crippen LogP contribution in [0.25, 0.3) is 22.0 Å². The van der Waals surface area contributed by atoms with Crippen LogP contribution in [0.15, 0.2) is 48.5 Å². The Kier molecular flexibility index (Phi) is 6.13. The number of rotatable bonds is 5. The first-order chi connectivity index (χ1) is 14.7. The minimum atomic E-state index is -0.0207. The molecule has 4 rings (SSSR count). The highest BCUT2D eigenvalue weighted by Gasteiger charge is 2.35. The molecule has 0 N–H and O–H groups in total. The first-order valence-electron chi connectivity index (χ1n) is 10.2. The molecule has 1 fully saturated rings. The van der Waals surface area contributed by atoms with Crippen LogP contribution >= 0.6 is 11.6 Å². The van der Waals surface area contributed by atoms with E-state index in [0.29, 0.717) is 11.6 Å². The molecular weight excluding hydrogens is 396 g/mol. The number of amides is 1. The molecule has 1 aliphatic rings. The predicted octanol–water partition coefficient (Wildman–Crippen LogP) is 5.29. The molecule has 0 spiro atoms. The number of likely N-dealkylation sites (tertiary alicyclic amines) is 1. The lowest BCUT2D eigenvalue weighted by molar-refractivity contribution is -0.136. The minimum Gasteiger partial charge on any atom is -0.375 e. The molecule has 0 bridgehead atoms. The van der Waals surface area contributed by atoms with Crippen LogP contribution in [0.4, 0.5) is 0 Å². The van der Waals surface area contributed by atoms with Crippen molar-refractivity contribution in [2.45, 2.75) is 32.4 Å². The van der Waals surface area contributed by atoms with Crippen molar-refractivity contribution in [3.8, 4) is 23.0 Å². The molecule has 0 saturated carbocycles. The highest BCUT2D eigenvalue weighted by Crippen LogP contribution is 2.44. The summed E-state index contributed by atoms with van der Waals surface area (Å²) in [4.78, 5) is 14.8. The Balaban J connectivity index is 2.00. The summed E-state index contributed by atoms with van der Waals surface area (Å²) in [6.45, 7) is 3.25. The van der Waals surface area contributed by atoms with E-state index in [2.05, 4.69) is 34.6 Å². The van der Waals surface area contributed by atoms with Gasteiger partial charge < -0.3 is 14.2 Å². The summed E-state index contributed by atoms with van der Waals surface area (Å²) in [6, 6.07) is 16.3. The normalized spacial score (nSPS) is 16.0. The number of benzene rings is 2. The molecule has 0 radical (unpaired) electrons. The summed E-state index contributed by atoms with van der Waals surface area (Å²) < 4.78 is 7.40. The van der Waals surface area contributed by atoms with Crippen molar-refractivity contribution in [2.24, 2.45) is 0 Å². The van der Waals surface area contributed by atoms with Crippen molar-refractivity contribution in [1.82, 2.24) is 9.47 Å². The van der Waals surface area contributed by atoms with Gasteiger partial charge in [-0.1, -0.05) is 47.9 Å². The van der Waals surface area contributed by atoms with Gasteiger partial charge in [0.25, 0.3) is 0 Å². The standard InChI is InChI=1S/C25H25ClN2O2/c1-3-4-14-28-21-13-12-19(26)16-20(21)24(18-9-6-5-7-10-18)25(28)22-11-8-15-27(22)23(29)17-30-2/h5-7,9-10,12-13,16,22H,8,11,14-15,17H2,1-2H3. The molecule has 1 unspecified atom stereocenters. The maximum atomic E-state index is 12.8. The summed E-state index contributed by atoms with van der Waals surface area (Å²) in [5, 5.41) is 1.79. The van der Waals surface area contributed by atoms with Crippen LogP contribution in [0.2, 0.25) is 5.02 Å². The maximum Gasteiger partial charge on any atom is 0.249 e. The molecule has 1 amide bonds. The van der Waals surface area contributed by atoms with Crippen molar-refractivity contribution in [3.63, 3.8) is 0 Å². The molecular formula is C25H25ClN2O2. The van der Waals surface area contributed by atoms with Crippen LogP contribution in [-0.4, -0.2) is 35.6 Å². The number of carbonyl (C=O) groups excluding carboxylic acids is 1. The summed E-state index contributed by atoms with van der Waals surface area (Å²) in [7, 11) is 1.56. The second kappa shape index (κ2) is 8.95. The monoisotopic (exact) mass is 420 g/mol. The average Bonchev–Trinajstić information content (AvgIpc) is 3.35. The van der Waals surface area contributed by atoms with Crippen molar-refractivity contribution < 1.29 is 9.53 Å².